The van der Waals surface area contributed by atoms with Gasteiger partial charge in [0.1, 0.15) is 11.2 Å². The molecule has 4 heteroatoms. The van der Waals surface area contributed by atoms with Crippen LogP contribution in [0.1, 0.15) is 0 Å². The smallest absolute Gasteiger partial charge is 0.164 e. The fraction of sp³-hybridized carbons (Fsp3) is 0. The quantitative estimate of drug-likeness (QED) is 0.194. The molecule has 0 aliphatic heterocycles. The van der Waals surface area contributed by atoms with Crippen LogP contribution in [0.25, 0.3) is 97.9 Å². The molecule has 0 radical (unpaired) electrons. The molecule has 0 amide bonds. The van der Waals surface area contributed by atoms with Crippen LogP contribution >= 0.6 is 11.3 Å². The maximum absolute atomic E-state index is 6.87. The van der Waals surface area contributed by atoms with E-state index in [9.17, 15) is 0 Å². The minimum atomic E-state index is 0.662. The second-order valence-corrected chi connectivity index (χ2v) is 13.2. The molecular weight excluding hydrogens is 605 g/mol. The van der Waals surface area contributed by atoms with Crippen molar-refractivity contribution in [3.05, 3.63) is 158 Å². The van der Waals surface area contributed by atoms with Crippen LogP contribution in [0.15, 0.2) is 162 Å². The van der Waals surface area contributed by atoms with Crippen molar-refractivity contribution in [1.29, 1.82) is 0 Å². The van der Waals surface area contributed by atoms with Gasteiger partial charge < -0.3 is 4.42 Å². The van der Waals surface area contributed by atoms with E-state index in [1.165, 1.54) is 21.2 Å². The first-order valence-electron chi connectivity index (χ1n) is 16.1. The molecule has 0 bridgehead atoms. The van der Waals surface area contributed by atoms with Crippen molar-refractivity contribution in [3.63, 3.8) is 0 Å². The summed E-state index contributed by atoms with van der Waals surface area (Å²) in [7, 11) is 0. The first kappa shape index (κ1) is 27.1. The summed E-state index contributed by atoms with van der Waals surface area (Å²) in [6, 6.07) is 55.4. The predicted octanol–water partition coefficient (Wildman–Crippen LogP) is 12.6. The van der Waals surface area contributed by atoms with Gasteiger partial charge in [0.15, 0.2) is 5.82 Å². The Kier molecular flexibility index (Phi) is 6.05. The minimum absolute atomic E-state index is 0.662. The topological polar surface area (TPSA) is 38.9 Å². The maximum Gasteiger partial charge on any atom is 0.164 e. The summed E-state index contributed by atoms with van der Waals surface area (Å²) in [5.41, 5.74) is 10.2. The van der Waals surface area contributed by atoms with Crippen LogP contribution in [0.3, 0.4) is 0 Å². The van der Waals surface area contributed by atoms with Gasteiger partial charge in [-0.15, -0.1) is 11.3 Å². The van der Waals surface area contributed by atoms with Gasteiger partial charge in [0.05, 0.1) is 21.5 Å². The Hall–Kier alpha value is -6.10. The van der Waals surface area contributed by atoms with Crippen LogP contribution in [-0.2, 0) is 0 Å². The average molecular weight is 631 g/mol. The molecule has 224 valence electrons. The standard InChI is InChI=1S/C44H26N2OS/c1-3-13-27(14-4-1)29-17-11-18-30(25-29)36-26-37-39(32-20-8-7-19-31(32)36)34-22-12-23-35(42(34)47-37)44-45-40(28-15-5-2-6-16-28)43-41(46-44)33-21-9-10-24-38(33)48-43/h1-26H. The lowest BCUT2D eigenvalue weighted by Crippen LogP contribution is -1.93. The first-order valence-corrected chi connectivity index (χ1v) is 16.9. The number of hydrogen-bond donors (Lipinski definition) is 0. The molecule has 0 aliphatic carbocycles. The van der Waals surface area contributed by atoms with Crippen molar-refractivity contribution in [3.8, 4) is 44.9 Å². The van der Waals surface area contributed by atoms with Crippen LogP contribution in [0.4, 0.5) is 0 Å². The normalized spacial score (nSPS) is 11.8. The first-order chi connectivity index (χ1) is 23.8. The molecule has 3 aromatic heterocycles. The number of furan rings is 1. The summed E-state index contributed by atoms with van der Waals surface area (Å²) < 4.78 is 9.17. The number of fused-ring (bicyclic) bond motifs is 8. The fourth-order valence-corrected chi connectivity index (χ4v) is 8.23. The highest BCUT2D eigenvalue weighted by Crippen LogP contribution is 2.44. The number of rotatable bonds is 4. The van der Waals surface area contributed by atoms with E-state index < -0.39 is 0 Å². The summed E-state index contributed by atoms with van der Waals surface area (Å²) >= 11 is 1.75. The lowest BCUT2D eigenvalue weighted by molar-refractivity contribution is 0.670. The number of aromatic nitrogens is 2. The molecule has 10 aromatic rings. The Morgan fingerprint density at radius 2 is 1.10 bits per heavy atom. The molecule has 0 atom stereocenters. The second kappa shape index (κ2) is 10.7. The molecule has 0 unspecified atom stereocenters. The van der Waals surface area contributed by atoms with E-state index in [0.717, 1.165) is 70.9 Å². The summed E-state index contributed by atoms with van der Waals surface area (Å²) in [5.74, 6) is 0.662. The molecule has 0 spiro atoms. The van der Waals surface area contributed by atoms with E-state index in [-0.39, 0.29) is 0 Å². The Balaban J connectivity index is 1.23. The summed E-state index contributed by atoms with van der Waals surface area (Å²) in [5, 5.41) is 5.66. The third kappa shape index (κ3) is 4.20. The Morgan fingerprint density at radius 3 is 1.94 bits per heavy atom. The van der Waals surface area contributed by atoms with E-state index in [1.54, 1.807) is 11.3 Å². The van der Waals surface area contributed by atoms with Crippen molar-refractivity contribution in [2.75, 3.05) is 0 Å². The molecule has 7 aromatic carbocycles. The van der Waals surface area contributed by atoms with Gasteiger partial charge in [0, 0.05) is 26.4 Å². The van der Waals surface area contributed by atoms with Gasteiger partial charge in [-0.3, -0.25) is 0 Å². The van der Waals surface area contributed by atoms with Crippen LogP contribution in [-0.4, -0.2) is 9.97 Å². The summed E-state index contributed by atoms with van der Waals surface area (Å²) in [6.45, 7) is 0. The largest absolute Gasteiger partial charge is 0.455 e. The second-order valence-electron chi connectivity index (χ2n) is 12.1. The van der Waals surface area contributed by atoms with Crippen molar-refractivity contribution >= 4 is 64.4 Å². The highest BCUT2D eigenvalue weighted by molar-refractivity contribution is 7.26. The number of para-hydroxylation sites is 1. The van der Waals surface area contributed by atoms with Gasteiger partial charge in [-0.05, 0) is 57.3 Å². The minimum Gasteiger partial charge on any atom is -0.455 e. The maximum atomic E-state index is 6.87. The Labute approximate surface area is 280 Å². The number of thiophene rings is 1. The van der Waals surface area contributed by atoms with Crippen LogP contribution in [0.5, 0.6) is 0 Å². The zero-order chi connectivity index (χ0) is 31.6. The number of benzene rings is 7. The Morgan fingerprint density at radius 1 is 0.458 bits per heavy atom. The van der Waals surface area contributed by atoms with E-state index in [2.05, 4.69) is 152 Å². The molecule has 0 fully saturated rings. The van der Waals surface area contributed by atoms with Crippen molar-refractivity contribution < 1.29 is 4.42 Å². The molecular formula is C44H26N2OS. The van der Waals surface area contributed by atoms with E-state index in [4.69, 9.17) is 14.4 Å². The van der Waals surface area contributed by atoms with Crippen LogP contribution in [0, 0.1) is 0 Å². The van der Waals surface area contributed by atoms with Gasteiger partial charge in [-0.25, -0.2) is 9.97 Å². The molecule has 0 saturated carbocycles. The molecule has 3 nitrogen and oxygen atoms in total. The lowest BCUT2D eigenvalue weighted by atomic mass is 9.93. The van der Waals surface area contributed by atoms with Crippen molar-refractivity contribution in [2.45, 2.75) is 0 Å². The van der Waals surface area contributed by atoms with Crippen LogP contribution in [0.2, 0.25) is 0 Å². The molecule has 10 rings (SSSR count). The molecule has 0 aliphatic rings. The van der Waals surface area contributed by atoms with Crippen molar-refractivity contribution in [1.82, 2.24) is 9.97 Å². The molecule has 0 N–H and O–H groups in total. The lowest BCUT2D eigenvalue weighted by Gasteiger charge is -2.10. The number of nitrogens with zero attached hydrogens (tertiary/aromatic N) is 2. The monoisotopic (exact) mass is 630 g/mol. The average Bonchev–Trinajstić information content (AvgIpc) is 3.73. The third-order valence-electron chi connectivity index (χ3n) is 9.29. The van der Waals surface area contributed by atoms with E-state index >= 15 is 0 Å². The van der Waals surface area contributed by atoms with Crippen molar-refractivity contribution in [2.24, 2.45) is 0 Å². The Bertz CT molecular complexity index is 2830. The zero-order valence-corrected chi connectivity index (χ0v) is 26.5. The van der Waals surface area contributed by atoms with E-state index in [0.29, 0.717) is 5.82 Å². The van der Waals surface area contributed by atoms with Gasteiger partial charge in [-0.2, -0.15) is 0 Å². The van der Waals surface area contributed by atoms with Gasteiger partial charge in [0.25, 0.3) is 0 Å². The molecule has 3 heterocycles. The van der Waals surface area contributed by atoms with E-state index in [1.807, 2.05) is 6.07 Å². The van der Waals surface area contributed by atoms with Gasteiger partial charge in [0.2, 0.25) is 0 Å². The molecule has 0 saturated heterocycles. The zero-order valence-electron chi connectivity index (χ0n) is 25.7. The highest BCUT2D eigenvalue weighted by atomic mass is 32.1. The summed E-state index contributed by atoms with van der Waals surface area (Å²) in [4.78, 5) is 10.5. The van der Waals surface area contributed by atoms with Gasteiger partial charge in [-0.1, -0.05) is 133 Å². The van der Waals surface area contributed by atoms with Crippen LogP contribution < -0.4 is 0 Å². The SMILES string of the molecule is c1ccc(-c2cccc(-c3cc4oc5c(-c6nc(-c7ccccc7)c7sc8ccccc8c7n6)cccc5c4c4ccccc34)c2)cc1. The number of hydrogen-bond acceptors (Lipinski definition) is 4. The van der Waals surface area contributed by atoms with Gasteiger partial charge >= 0.3 is 0 Å². The fourth-order valence-electron chi connectivity index (χ4n) is 7.08. The predicted molar refractivity (Wildman–Crippen MR) is 201 cm³/mol. The molecule has 48 heavy (non-hydrogen) atoms. The summed E-state index contributed by atoms with van der Waals surface area (Å²) in [6.07, 6.45) is 0. The highest BCUT2D eigenvalue weighted by Gasteiger charge is 2.21. The third-order valence-corrected chi connectivity index (χ3v) is 10.5.